The van der Waals surface area contributed by atoms with Gasteiger partial charge in [0.15, 0.2) is 0 Å². The van der Waals surface area contributed by atoms with Gasteiger partial charge in [0, 0.05) is 11.5 Å². The average molecular weight is 326 g/mol. The van der Waals surface area contributed by atoms with Crippen molar-refractivity contribution in [3.8, 4) is 5.75 Å². The second-order valence-electron chi connectivity index (χ2n) is 6.35. The highest BCUT2D eigenvalue weighted by Crippen LogP contribution is 2.46. The third-order valence-electron chi connectivity index (χ3n) is 5.21. The zero-order valence-electron chi connectivity index (χ0n) is 11.6. The van der Waals surface area contributed by atoms with E-state index >= 15 is 0 Å². The van der Waals surface area contributed by atoms with Crippen LogP contribution >= 0.6 is 17.0 Å². The van der Waals surface area contributed by atoms with Gasteiger partial charge < -0.3 is 10.8 Å². The fourth-order valence-corrected chi connectivity index (χ4v) is 4.04. The monoisotopic (exact) mass is 325 g/mol. The van der Waals surface area contributed by atoms with Crippen molar-refractivity contribution in [2.24, 2.45) is 11.7 Å². The van der Waals surface area contributed by atoms with E-state index < -0.39 is 0 Å². The maximum Gasteiger partial charge on any atom is 0.115 e. The first-order valence-corrected chi connectivity index (χ1v) is 7.19. The van der Waals surface area contributed by atoms with E-state index in [4.69, 9.17) is 5.73 Å². The average Bonchev–Trinajstić information content (AvgIpc) is 2.35. The summed E-state index contributed by atoms with van der Waals surface area (Å²) in [5.41, 5.74) is 9.33. The van der Waals surface area contributed by atoms with Gasteiger partial charge in [-0.1, -0.05) is 32.3 Å². The molecule has 2 aliphatic rings. The van der Waals surface area contributed by atoms with E-state index in [1.807, 2.05) is 12.1 Å². The molecule has 1 fully saturated rings. The Hall–Kier alpha value is -0.540. The molecule has 0 spiro atoms. The summed E-state index contributed by atoms with van der Waals surface area (Å²) in [6.07, 6.45) is 7.41. The van der Waals surface area contributed by atoms with Gasteiger partial charge in [-0.25, -0.2) is 0 Å². The number of aromatic hydroxyl groups is 1. The molecule has 0 aromatic heterocycles. The van der Waals surface area contributed by atoms with Crippen LogP contribution in [0, 0.1) is 5.92 Å². The first kappa shape index (κ1) is 14.9. The molecule has 1 aromatic carbocycles. The quantitative estimate of drug-likeness (QED) is 0.764. The number of nitrogens with two attached hydrogens (primary N) is 1. The standard InChI is InChI=1S/C16H23NO.BrH/c1-16-8-4-2-3-5-12(15(16)17)9-11-6-7-13(18)10-14(11)16;/h6-7,10,12,15,18H,2-5,8-9,17H2,1H3;1H/t12-,15+,16+;/m0./s1. The molecule has 1 aromatic rings. The van der Waals surface area contributed by atoms with Gasteiger partial charge >= 0.3 is 0 Å². The van der Waals surface area contributed by atoms with Gasteiger partial charge in [0.2, 0.25) is 0 Å². The van der Waals surface area contributed by atoms with Crippen LogP contribution < -0.4 is 5.73 Å². The van der Waals surface area contributed by atoms with Crippen LogP contribution in [0.3, 0.4) is 0 Å². The van der Waals surface area contributed by atoms with Gasteiger partial charge in [0.05, 0.1) is 0 Å². The molecule has 1 saturated carbocycles. The highest BCUT2D eigenvalue weighted by molar-refractivity contribution is 8.93. The van der Waals surface area contributed by atoms with Gasteiger partial charge in [0.1, 0.15) is 5.75 Å². The summed E-state index contributed by atoms with van der Waals surface area (Å²) >= 11 is 0. The Kier molecular flexibility index (Phi) is 4.26. The Labute approximate surface area is 126 Å². The predicted molar refractivity (Wildman–Crippen MR) is 84.0 cm³/mol. The summed E-state index contributed by atoms with van der Waals surface area (Å²) in [6.45, 7) is 2.30. The van der Waals surface area contributed by atoms with E-state index in [1.54, 1.807) is 0 Å². The second-order valence-corrected chi connectivity index (χ2v) is 6.35. The fraction of sp³-hybridized carbons (Fsp3) is 0.625. The third-order valence-corrected chi connectivity index (χ3v) is 5.21. The Morgan fingerprint density at radius 2 is 2.05 bits per heavy atom. The molecule has 0 saturated heterocycles. The number of benzene rings is 1. The molecule has 3 rings (SSSR count). The molecule has 3 atom stereocenters. The zero-order valence-corrected chi connectivity index (χ0v) is 13.3. The molecular weight excluding hydrogens is 302 g/mol. The summed E-state index contributed by atoms with van der Waals surface area (Å²) < 4.78 is 0. The first-order chi connectivity index (χ1) is 8.61. The Balaban J connectivity index is 0.00000133. The minimum atomic E-state index is 0. The van der Waals surface area contributed by atoms with Crippen molar-refractivity contribution in [1.82, 2.24) is 0 Å². The summed E-state index contributed by atoms with van der Waals surface area (Å²) in [7, 11) is 0. The van der Waals surface area contributed by atoms with Crippen LogP contribution in [0.1, 0.15) is 50.2 Å². The molecule has 0 unspecified atom stereocenters. The van der Waals surface area contributed by atoms with E-state index in [1.165, 1.54) is 36.8 Å². The van der Waals surface area contributed by atoms with E-state index in [9.17, 15) is 5.11 Å². The SMILES string of the molecule is Br.C[C@@]12CCCCC[C@@H](Cc3ccc(O)cc31)[C@H]2N. The van der Waals surface area contributed by atoms with Crippen LogP contribution in [0.25, 0.3) is 0 Å². The van der Waals surface area contributed by atoms with Gasteiger partial charge in [-0.15, -0.1) is 17.0 Å². The lowest BCUT2D eigenvalue weighted by Gasteiger charge is -2.47. The van der Waals surface area contributed by atoms with Crippen molar-refractivity contribution >= 4 is 17.0 Å². The third kappa shape index (κ3) is 2.43. The molecule has 2 aliphatic carbocycles. The number of phenolic OH excluding ortho intramolecular Hbond substituents is 1. The number of rotatable bonds is 0. The van der Waals surface area contributed by atoms with Gasteiger partial charge in [0.25, 0.3) is 0 Å². The predicted octanol–water partition coefficient (Wildman–Crippen LogP) is 3.69. The number of halogens is 1. The lowest BCUT2D eigenvalue weighted by molar-refractivity contribution is 0.201. The van der Waals surface area contributed by atoms with Gasteiger partial charge in [-0.3, -0.25) is 0 Å². The highest BCUT2D eigenvalue weighted by Gasteiger charge is 2.43. The van der Waals surface area contributed by atoms with Crippen LogP contribution in [-0.4, -0.2) is 11.1 Å². The molecule has 106 valence electrons. The van der Waals surface area contributed by atoms with Crippen LogP contribution in [0.15, 0.2) is 18.2 Å². The van der Waals surface area contributed by atoms with E-state index in [-0.39, 0.29) is 28.4 Å². The molecule has 2 nitrogen and oxygen atoms in total. The van der Waals surface area contributed by atoms with Crippen molar-refractivity contribution in [2.45, 2.75) is 56.9 Å². The smallest absolute Gasteiger partial charge is 0.115 e. The molecule has 0 radical (unpaired) electrons. The molecule has 0 aliphatic heterocycles. The van der Waals surface area contributed by atoms with Crippen molar-refractivity contribution in [1.29, 1.82) is 0 Å². The largest absolute Gasteiger partial charge is 0.508 e. The zero-order chi connectivity index (χ0) is 12.8. The van der Waals surface area contributed by atoms with Crippen molar-refractivity contribution in [2.75, 3.05) is 0 Å². The molecule has 3 N–H and O–H groups in total. The summed E-state index contributed by atoms with van der Waals surface area (Å²) in [4.78, 5) is 0. The van der Waals surface area contributed by atoms with E-state index in [0.717, 1.165) is 12.8 Å². The van der Waals surface area contributed by atoms with Gasteiger partial charge in [-0.05, 0) is 48.4 Å². The number of fused-ring (bicyclic) bond motifs is 4. The molecule has 2 bridgehead atoms. The maximum absolute atomic E-state index is 9.77. The number of phenols is 1. The topological polar surface area (TPSA) is 46.2 Å². The Bertz CT molecular complexity index is 462. The molecule has 19 heavy (non-hydrogen) atoms. The van der Waals surface area contributed by atoms with Crippen LogP contribution in [0.4, 0.5) is 0 Å². The second kappa shape index (κ2) is 5.45. The minimum absolute atomic E-state index is 0. The Morgan fingerprint density at radius 3 is 2.84 bits per heavy atom. The minimum Gasteiger partial charge on any atom is -0.508 e. The van der Waals surface area contributed by atoms with Crippen LogP contribution in [0.2, 0.25) is 0 Å². The highest BCUT2D eigenvalue weighted by atomic mass is 79.9. The molecule has 0 amide bonds. The lowest BCUT2D eigenvalue weighted by Crippen LogP contribution is -2.52. The van der Waals surface area contributed by atoms with E-state index in [0.29, 0.717) is 11.7 Å². The molecule has 3 heteroatoms. The first-order valence-electron chi connectivity index (χ1n) is 7.19. The van der Waals surface area contributed by atoms with E-state index in [2.05, 4.69) is 13.0 Å². The van der Waals surface area contributed by atoms with Crippen molar-refractivity contribution in [3.63, 3.8) is 0 Å². The summed E-state index contributed by atoms with van der Waals surface area (Å²) in [5.74, 6) is 0.995. The van der Waals surface area contributed by atoms with Crippen LogP contribution in [-0.2, 0) is 11.8 Å². The Morgan fingerprint density at radius 1 is 1.26 bits per heavy atom. The molecule has 0 heterocycles. The van der Waals surface area contributed by atoms with Crippen molar-refractivity contribution < 1.29 is 5.11 Å². The summed E-state index contributed by atoms with van der Waals surface area (Å²) in [6, 6.07) is 6.11. The van der Waals surface area contributed by atoms with Crippen LogP contribution in [0.5, 0.6) is 5.75 Å². The van der Waals surface area contributed by atoms with Gasteiger partial charge in [-0.2, -0.15) is 0 Å². The normalized spacial score (nSPS) is 33.6. The maximum atomic E-state index is 9.77. The number of hydrogen-bond donors (Lipinski definition) is 2. The summed E-state index contributed by atoms with van der Waals surface area (Å²) in [5, 5.41) is 9.77. The van der Waals surface area contributed by atoms with Crippen molar-refractivity contribution in [3.05, 3.63) is 29.3 Å². The lowest BCUT2D eigenvalue weighted by atomic mass is 9.60. The molecular formula is C16H24BrNO. The fourth-order valence-electron chi connectivity index (χ4n) is 4.04. The number of hydrogen-bond acceptors (Lipinski definition) is 2.